The van der Waals surface area contributed by atoms with E-state index < -0.39 is 32.9 Å². The number of fused-ring (bicyclic) bond motifs is 1. The summed E-state index contributed by atoms with van der Waals surface area (Å²) in [5.74, 6) is -1.23. The number of hydrogen-bond donors (Lipinski definition) is 1. The van der Waals surface area contributed by atoms with Crippen molar-refractivity contribution in [2.75, 3.05) is 26.7 Å². The van der Waals surface area contributed by atoms with Crippen LogP contribution in [0.2, 0.25) is 0 Å². The molecule has 0 saturated heterocycles. The van der Waals surface area contributed by atoms with Gasteiger partial charge in [0.2, 0.25) is 15.9 Å². The Morgan fingerprint density at radius 1 is 1.35 bits per heavy atom. The monoisotopic (exact) mass is 497 g/mol. The minimum atomic E-state index is -4.11. The Morgan fingerprint density at radius 2 is 2.09 bits per heavy atom. The molecule has 0 unspecified atom stereocenters. The summed E-state index contributed by atoms with van der Waals surface area (Å²) in [4.78, 5) is 14.1. The number of carbonyl (C=O) groups is 1. The number of carbonyl (C=O) groups excluding carboxylic acids is 1. The lowest BCUT2D eigenvalue weighted by Crippen LogP contribution is -2.48. The zero-order valence-electron chi connectivity index (χ0n) is 19.7. The summed E-state index contributed by atoms with van der Waals surface area (Å²) in [6.07, 6.45) is 1.79. The normalized spacial score (nSPS) is 21.6. The van der Waals surface area contributed by atoms with E-state index >= 15 is 0 Å². The molecule has 1 aliphatic heterocycles. The Bertz CT molecular complexity index is 1080. The summed E-state index contributed by atoms with van der Waals surface area (Å²) < 4.78 is 49.2. The quantitative estimate of drug-likeness (QED) is 0.638. The van der Waals surface area contributed by atoms with Crippen LogP contribution in [0.4, 0.5) is 4.39 Å². The smallest absolute Gasteiger partial charge is 0.245 e. The van der Waals surface area contributed by atoms with Crippen LogP contribution in [-0.2, 0) is 32.7 Å². The van der Waals surface area contributed by atoms with Crippen LogP contribution < -0.4 is 0 Å². The maximum Gasteiger partial charge on any atom is 0.245 e. The van der Waals surface area contributed by atoms with Gasteiger partial charge < -0.3 is 14.7 Å². The van der Waals surface area contributed by atoms with Gasteiger partial charge in [0.25, 0.3) is 0 Å². The molecular formula is C22H32FN5O5S. The third-order valence-electron chi connectivity index (χ3n) is 6.10. The molecule has 0 spiro atoms. The van der Waals surface area contributed by atoms with Crippen molar-refractivity contribution in [3.05, 3.63) is 42.0 Å². The van der Waals surface area contributed by atoms with Crippen LogP contribution in [0.3, 0.4) is 0 Å². The summed E-state index contributed by atoms with van der Waals surface area (Å²) in [5.41, 5.74) is 0.713. The first-order chi connectivity index (χ1) is 16.1. The molecule has 1 N–H and O–H groups in total. The minimum absolute atomic E-state index is 0.0606. The third-order valence-corrected chi connectivity index (χ3v) is 7.96. The number of aryl methyl sites for hydroxylation is 1. The van der Waals surface area contributed by atoms with E-state index in [-0.39, 0.29) is 44.5 Å². The van der Waals surface area contributed by atoms with E-state index in [1.54, 1.807) is 22.7 Å². The van der Waals surface area contributed by atoms with E-state index in [9.17, 15) is 22.7 Å². The zero-order chi connectivity index (χ0) is 24.9. The Hall–Kier alpha value is -2.41. The number of nitrogens with zero attached hydrogens (tertiary/aromatic N) is 5. The Morgan fingerprint density at radius 3 is 2.79 bits per heavy atom. The molecular weight excluding hydrogens is 465 g/mol. The average molecular weight is 498 g/mol. The second kappa shape index (κ2) is 11.3. The van der Waals surface area contributed by atoms with E-state index in [1.807, 2.05) is 6.92 Å². The molecule has 1 aromatic heterocycles. The highest BCUT2D eigenvalue weighted by Crippen LogP contribution is 2.22. The molecule has 1 aromatic carbocycles. The fourth-order valence-corrected chi connectivity index (χ4v) is 5.16. The van der Waals surface area contributed by atoms with Crippen molar-refractivity contribution in [1.82, 2.24) is 24.2 Å². The maximum atomic E-state index is 14.2. The number of aliphatic hydroxyl groups excluding tert-OH is 1. The molecule has 1 aliphatic rings. The molecule has 2 heterocycles. The van der Waals surface area contributed by atoms with Gasteiger partial charge in [0.05, 0.1) is 37.3 Å². The van der Waals surface area contributed by atoms with Gasteiger partial charge in [-0.2, -0.15) is 4.31 Å². The standard InChI is InChI=1S/C22H32FN5O5S/c1-16-12-27(17(2)14-29)22(30)9-6-10-28-18(11-24-25-28)15-33-20(16)13-26(3)34(31,32)21-8-5-4-7-19(21)23/h4-5,7-8,11,16-17,20,29H,6,9-10,12-15H2,1-3H3/t16-,17+,20-/m1/s1. The summed E-state index contributed by atoms with van der Waals surface area (Å²) in [5, 5.41) is 17.6. The number of rotatable bonds is 6. The van der Waals surface area contributed by atoms with Crippen molar-refractivity contribution in [3.63, 3.8) is 0 Å². The van der Waals surface area contributed by atoms with E-state index in [4.69, 9.17) is 4.74 Å². The van der Waals surface area contributed by atoms with E-state index in [2.05, 4.69) is 10.3 Å². The van der Waals surface area contributed by atoms with Gasteiger partial charge in [-0.15, -0.1) is 5.10 Å². The van der Waals surface area contributed by atoms with E-state index in [0.29, 0.717) is 18.7 Å². The molecule has 34 heavy (non-hydrogen) atoms. The zero-order valence-corrected chi connectivity index (χ0v) is 20.5. The third kappa shape index (κ3) is 5.98. The molecule has 188 valence electrons. The molecule has 0 bridgehead atoms. The topological polar surface area (TPSA) is 118 Å². The number of sulfonamides is 1. The number of aliphatic hydroxyl groups is 1. The molecule has 0 saturated carbocycles. The van der Waals surface area contributed by atoms with Gasteiger partial charge in [-0.25, -0.2) is 17.5 Å². The lowest BCUT2D eigenvalue weighted by Gasteiger charge is -2.35. The largest absolute Gasteiger partial charge is 0.394 e. The number of hydrogen-bond acceptors (Lipinski definition) is 7. The summed E-state index contributed by atoms with van der Waals surface area (Å²) in [6, 6.07) is 4.81. The van der Waals surface area contributed by atoms with Gasteiger partial charge in [-0.3, -0.25) is 4.79 Å². The Kier molecular flexibility index (Phi) is 8.74. The number of benzene rings is 1. The molecule has 0 fully saturated rings. The number of aromatic nitrogens is 3. The molecule has 0 radical (unpaired) electrons. The fraction of sp³-hybridized carbons (Fsp3) is 0.591. The SMILES string of the molecule is C[C@@H]1CN([C@@H](C)CO)C(=O)CCCn2nncc2CO[C@@H]1CN(C)S(=O)(=O)c1ccccc1F. The molecule has 0 aliphatic carbocycles. The summed E-state index contributed by atoms with van der Waals surface area (Å²) >= 11 is 0. The molecule has 10 nitrogen and oxygen atoms in total. The van der Waals surface area contributed by atoms with Crippen LogP contribution in [-0.4, -0.2) is 82.5 Å². The predicted octanol–water partition coefficient (Wildman–Crippen LogP) is 1.26. The lowest BCUT2D eigenvalue weighted by atomic mass is 10.0. The Balaban J connectivity index is 1.88. The molecule has 3 atom stereocenters. The molecule has 3 rings (SSSR count). The van der Waals surface area contributed by atoms with Crippen molar-refractivity contribution < 1.29 is 27.4 Å². The van der Waals surface area contributed by atoms with E-state index in [1.165, 1.54) is 25.2 Å². The first-order valence-electron chi connectivity index (χ1n) is 11.2. The number of amides is 1. The number of halogens is 1. The summed E-state index contributed by atoms with van der Waals surface area (Å²) in [6.45, 7) is 4.27. The van der Waals surface area contributed by atoms with Crippen LogP contribution in [0.5, 0.6) is 0 Å². The maximum absolute atomic E-state index is 14.2. The van der Waals surface area contributed by atoms with Gasteiger partial charge in [0, 0.05) is 39.0 Å². The highest BCUT2D eigenvalue weighted by Gasteiger charge is 2.32. The first kappa shape index (κ1) is 26.2. The molecule has 12 heteroatoms. The van der Waals surface area contributed by atoms with Gasteiger partial charge in [0.1, 0.15) is 10.7 Å². The summed E-state index contributed by atoms with van der Waals surface area (Å²) in [7, 11) is -2.74. The second-order valence-corrected chi connectivity index (χ2v) is 10.7. The fourth-order valence-electron chi connectivity index (χ4n) is 3.92. The second-order valence-electron chi connectivity index (χ2n) is 8.67. The minimum Gasteiger partial charge on any atom is -0.394 e. The van der Waals surface area contributed by atoms with Crippen LogP contribution in [0.25, 0.3) is 0 Å². The van der Waals surface area contributed by atoms with Crippen molar-refractivity contribution in [2.24, 2.45) is 5.92 Å². The van der Waals surface area contributed by atoms with Gasteiger partial charge in [-0.05, 0) is 25.5 Å². The van der Waals surface area contributed by atoms with Gasteiger partial charge in [0.15, 0.2) is 0 Å². The Labute approximate surface area is 199 Å². The van der Waals surface area contributed by atoms with E-state index in [0.717, 1.165) is 10.4 Å². The van der Waals surface area contributed by atoms with Crippen LogP contribution >= 0.6 is 0 Å². The van der Waals surface area contributed by atoms with Crippen molar-refractivity contribution in [1.29, 1.82) is 0 Å². The van der Waals surface area contributed by atoms with Crippen LogP contribution in [0.15, 0.2) is 35.4 Å². The number of likely N-dealkylation sites (N-methyl/N-ethyl adjacent to an activating group) is 1. The van der Waals surface area contributed by atoms with Gasteiger partial charge >= 0.3 is 0 Å². The van der Waals surface area contributed by atoms with Crippen molar-refractivity contribution in [3.8, 4) is 0 Å². The highest BCUT2D eigenvalue weighted by molar-refractivity contribution is 7.89. The van der Waals surface area contributed by atoms with Crippen molar-refractivity contribution in [2.45, 2.75) is 56.9 Å². The van der Waals surface area contributed by atoms with Crippen LogP contribution in [0.1, 0.15) is 32.4 Å². The van der Waals surface area contributed by atoms with Crippen molar-refractivity contribution >= 4 is 15.9 Å². The van der Waals surface area contributed by atoms with Crippen LogP contribution in [0, 0.1) is 11.7 Å². The first-order valence-corrected chi connectivity index (χ1v) is 12.7. The molecule has 2 aromatic rings. The lowest BCUT2D eigenvalue weighted by molar-refractivity contribution is -0.136. The number of ether oxygens (including phenoxy) is 1. The highest BCUT2D eigenvalue weighted by atomic mass is 32.2. The van der Waals surface area contributed by atoms with Gasteiger partial charge in [-0.1, -0.05) is 24.3 Å². The molecule has 1 amide bonds. The average Bonchev–Trinajstić information content (AvgIpc) is 3.25. The predicted molar refractivity (Wildman–Crippen MR) is 121 cm³/mol.